The van der Waals surface area contributed by atoms with Crippen LogP contribution in [-0.4, -0.2) is 32.5 Å². The van der Waals surface area contributed by atoms with Gasteiger partial charge in [-0.3, -0.25) is 9.69 Å². The maximum Gasteiger partial charge on any atom is 0.335 e. The van der Waals surface area contributed by atoms with Gasteiger partial charge in [-0.15, -0.1) is 0 Å². The molecular formula is C22H16FN3O4. The summed E-state index contributed by atoms with van der Waals surface area (Å²) in [6.45, 7) is -0.174. The number of benzene rings is 2. The molecule has 1 aromatic heterocycles. The highest BCUT2D eigenvalue weighted by molar-refractivity contribution is 6.13. The van der Waals surface area contributed by atoms with Crippen molar-refractivity contribution in [2.75, 3.05) is 0 Å². The van der Waals surface area contributed by atoms with Crippen LogP contribution in [0.3, 0.4) is 0 Å². The summed E-state index contributed by atoms with van der Waals surface area (Å²) >= 11 is 0. The highest BCUT2D eigenvalue weighted by Gasteiger charge is 2.34. The van der Waals surface area contributed by atoms with Gasteiger partial charge in [0.25, 0.3) is 5.91 Å². The summed E-state index contributed by atoms with van der Waals surface area (Å²) in [5.74, 6) is -2.07. The van der Waals surface area contributed by atoms with Crippen LogP contribution in [0.2, 0.25) is 0 Å². The van der Waals surface area contributed by atoms with Gasteiger partial charge in [0, 0.05) is 23.1 Å². The Balaban J connectivity index is 1.60. The van der Waals surface area contributed by atoms with E-state index in [0.29, 0.717) is 11.4 Å². The van der Waals surface area contributed by atoms with Crippen LogP contribution < -0.4 is 5.32 Å². The van der Waals surface area contributed by atoms with E-state index in [2.05, 4.69) is 5.32 Å². The molecule has 0 saturated carbocycles. The van der Waals surface area contributed by atoms with E-state index in [9.17, 15) is 18.8 Å². The lowest BCUT2D eigenvalue weighted by Gasteiger charge is -2.12. The molecule has 7 nitrogen and oxygen atoms in total. The van der Waals surface area contributed by atoms with Crippen molar-refractivity contribution in [3.05, 3.63) is 95.2 Å². The molecule has 0 atom stereocenters. The molecule has 0 unspecified atom stereocenters. The van der Waals surface area contributed by atoms with Gasteiger partial charge < -0.3 is 15.0 Å². The summed E-state index contributed by atoms with van der Waals surface area (Å²) in [6.07, 6.45) is 3.27. The average molecular weight is 405 g/mol. The zero-order chi connectivity index (χ0) is 21.3. The normalized spacial score (nSPS) is 15.0. The number of amides is 3. The zero-order valence-electron chi connectivity index (χ0n) is 15.6. The predicted octanol–water partition coefficient (Wildman–Crippen LogP) is 3.41. The Morgan fingerprint density at radius 1 is 1.03 bits per heavy atom. The Labute approximate surface area is 170 Å². The Bertz CT molecular complexity index is 1180. The van der Waals surface area contributed by atoms with Crippen LogP contribution >= 0.6 is 0 Å². The van der Waals surface area contributed by atoms with Crippen molar-refractivity contribution in [2.45, 2.75) is 6.54 Å². The van der Waals surface area contributed by atoms with E-state index in [0.717, 1.165) is 4.90 Å². The lowest BCUT2D eigenvalue weighted by molar-refractivity contribution is -0.123. The van der Waals surface area contributed by atoms with E-state index in [1.54, 1.807) is 41.1 Å². The molecule has 150 valence electrons. The highest BCUT2D eigenvalue weighted by atomic mass is 19.1. The van der Waals surface area contributed by atoms with Crippen LogP contribution in [0.5, 0.6) is 0 Å². The quantitative estimate of drug-likeness (QED) is 0.503. The van der Waals surface area contributed by atoms with Crippen molar-refractivity contribution in [3.8, 4) is 5.69 Å². The minimum absolute atomic E-state index is 0.0680. The fraction of sp³-hybridized carbons (Fsp3) is 0.0455. The number of aromatic nitrogens is 1. The van der Waals surface area contributed by atoms with Crippen LogP contribution in [0.1, 0.15) is 21.6 Å². The minimum atomic E-state index is -1.02. The monoisotopic (exact) mass is 405 g/mol. The number of nitrogens with one attached hydrogen (secondary N) is 1. The maximum atomic E-state index is 13.9. The molecule has 0 radical (unpaired) electrons. The molecular weight excluding hydrogens is 389 g/mol. The molecule has 3 amide bonds. The number of imide groups is 1. The molecule has 30 heavy (non-hydrogen) atoms. The van der Waals surface area contributed by atoms with Crippen molar-refractivity contribution in [2.24, 2.45) is 0 Å². The Morgan fingerprint density at radius 3 is 2.47 bits per heavy atom. The molecule has 8 heteroatoms. The number of halogens is 1. The molecule has 2 N–H and O–H groups in total. The maximum absolute atomic E-state index is 13.9. The minimum Gasteiger partial charge on any atom is -0.478 e. The van der Waals surface area contributed by atoms with Crippen LogP contribution in [0.25, 0.3) is 11.8 Å². The van der Waals surface area contributed by atoms with Crippen LogP contribution in [0.4, 0.5) is 9.18 Å². The number of carboxylic acid groups (broad SMARTS) is 1. The first kappa shape index (κ1) is 19.1. The SMILES string of the molecule is O=C(O)c1ccc(-n2cccc2/C=C2/NC(=O)N(Cc3ccccc3F)C2=O)cc1. The fourth-order valence-corrected chi connectivity index (χ4v) is 3.17. The molecule has 1 saturated heterocycles. The summed E-state index contributed by atoms with van der Waals surface area (Å²) in [6, 6.07) is 15.1. The van der Waals surface area contributed by atoms with E-state index in [1.165, 1.54) is 36.4 Å². The van der Waals surface area contributed by atoms with Gasteiger partial charge >= 0.3 is 12.0 Å². The number of urea groups is 1. The lowest BCUT2D eigenvalue weighted by atomic mass is 10.2. The number of rotatable bonds is 5. The molecule has 4 rings (SSSR count). The van der Waals surface area contributed by atoms with Crippen LogP contribution in [0, 0.1) is 5.82 Å². The molecule has 2 aromatic carbocycles. The van der Waals surface area contributed by atoms with Crippen molar-refractivity contribution < 1.29 is 23.9 Å². The number of hydrogen-bond donors (Lipinski definition) is 2. The Hall–Kier alpha value is -4.20. The van der Waals surface area contributed by atoms with E-state index >= 15 is 0 Å². The number of carbonyl (C=O) groups excluding carboxylic acids is 2. The number of nitrogens with zero attached hydrogens (tertiary/aromatic N) is 2. The molecule has 1 aliphatic rings. The van der Waals surface area contributed by atoms with Crippen LogP contribution in [-0.2, 0) is 11.3 Å². The van der Waals surface area contributed by atoms with Gasteiger partial charge in [-0.1, -0.05) is 18.2 Å². The van der Waals surface area contributed by atoms with Gasteiger partial charge in [0.05, 0.1) is 12.1 Å². The van der Waals surface area contributed by atoms with E-state index in [1.807, 2.05) is 0 Å². The van der Waals surface area contributed by atoms with Crippen molar-refractivity contribution >= 4 is 24.0 Å². The standard InChI is InChI=1S/C22H16FN3O4/c23-18-6-2-1-4-15(18)13-26-20(27)19(24-22(26)30)12-17-5-3-11-25(17)16-9-7-14(8-10-16)21(28)29/h1-12H,13H2,(H,24,30)(H,28,29)/b19-12+. The third-order valence-corrected chi connectivity index (χ3v) is 4.71. The van der Waals surface area contributed by atoms with Gasteiger partial charge in [-0.05, 0) is 48.5 Å². The second-order valence-corrected chi connectivity index (χ2v) is 6.63. The molecule has 0 spiro atoms. The smallest absolute Gasteiger partial charge is 0.335 e. The van der Waals surface area contributed by atoms with Crippen molar-refractivity contribution in [1.82, 2.24) is 14.8 Å². The van der Waals surface area contributed by atoms with E-state index in [-0.39, 0.29) is 23.4 Å². The fourth-order valence-electron chi connectivity index (χ4n) is 3.17. The molecule has 1 fully saturated rings. The van der Waals surface area contributed by atoms with Gasteiger partial charge in [-0.2, -0.15) is 0 Å². The molecule has 0 aliphatic carbocycles. The van der Waals surface area contributed by atoms with Gasteiger partial charge in [0.15, 0.2) is 0 Å². The summed E-state index contributed by atoms with van der Waals surface area (Å²) in [5, 5.41) is 11.5. The first-order valence-corrected chi connectivity index (χ1v) is 9.03. The number of carboxylic acids is 1. The number of hydrogen-bond acceptors (Lipinski definition) is 3. The van der Waals surface area contributed by atoms with Gasteiger partial charge in [0.2, 0.25) is 0 Å². The van der Waals surface area contributed by atoms with E-state index in [4.69, 9.17) is 5.11 Å². The van der Waals surface area contributed by atoms with Gasteiger partial charge in [0.1, 0.15) is 11.5 Å². The van der Waals surface area contributed by atoms with Gasteiger partial charge in [-0.25, -0.2) is 14.0 Å². The second-order valence-electron chi connectivity index (χ2n) is 6.63. The molecule has 2 heterocycles. The molecule has 1 aliphatic heterocycles. The Kier molecular flexibility index (Phi) is 4.89. The summed E-state index contributed by atoms with van der Waals surface area (Å²) in [7, 11) is 0. The number of aromatic carboxylic acids is 1. The summed E-state index contributed by atoms with van der Waals surface area (Å²) < 4.78 is 15.6. The first-order valence-electron chi connectivity index (χ1n) is 9.03. The van der Waals surface area contributed by atoms with Crippen molar-refractivity contribution in [3.63, 3.8) is 0 Å². The summed E-state index contributed by atoms with van der Waals surface area (Å²) in [4.78, 5) is 36.9. The predicted molar refractivity (Wildman–Crippen MR) is 106 cm³/mol. The zero-order valence-corrected chi connectivity index (χ0v) is 15.6. The third-order valence-electron chi connectivity index (χ3n) is 4.71. The van der Waals surface area contributed by atoms with E-state index < -0.39 is 23.7 Å². The number of carbonyl (C=O) groups is 3. The molecule has 0 bridgehead atoms. The second kappa shape index (κ2) is 7.67. The largest absolute Gasteiger partial charge is 0.478 e. The van der Waals surface area contributed by atoms with Crippen molar-refractivity contribution in [1.29, 1.82) is 0 Å². The topological polar surface area (TPSA) is 91.6 Å². The van der Waals surface area contributed by atoms with Crippen LogP contribution in [0.15, 0.2) is 72.6 Å². The Morgan fingerprint density at radius 2 is 1.77 bits per heavy atom. The average Bonchev–Trinajstić information content (AvgIpc) is 3.30. The third kappa shape index (κ3) is 3.58. The highest BCUT2D eigenvalue weighted by Crippen LogP contribution is 2.20. The summed E-state index contributed by atoms with van der Waals surface area (Å²) in [5.41, 5.74) is 1.77. The molecule has 3 aromatic rings. The first-order chi connectivity index (χ1) is 14.4. The lowest BCUT2D eigenvalue weighted by Crippen LogP contribution is -2.30.